The van der Waals surface area contributed by atoms with Gasteiger partial charge in [-0.25, -0.2) is 9.97 Å². The molecule has 1 aromatic rings. The SMILES string of the molecule is CNc1c(Cl)ncnc1NCC(C)N1CCOCC1C. The largest absolute Gasteiger partial charge is 0.383 e. The number of hydrogen-bond acceptors (Lipinski definition) is 6. The minimum Gasteiger partial charge on any atom is -0.383 e. The average Bonchev–Trinajstić information content (AvgIpc) is 2.45. The summed E-state index contributed by atoms with van der Waals surface area (Å²) in [6, 6.07) is 0.839. The van der Waals surface area contributed by atoms with Crippen LogP contribution >= 0.6 is 11.6 Å². The zero-order valence-corrected chi connectivity index (χ0v) is 12.9. The second-order valence-corrected chi connectivity index (χ2v) is 5.39. The van der Waals surface area contributed by atoms with Crippen molar-refractivity contribution in [3.63, 3.8) is 0 Å². The Labute approximate surface area is 124 Å². The quantitative estimate of drug-likeness (QED) is 0.807. The molecule has 0 aliphatic carbocycles. The first-order valence-electron chi connectivity index (χ1n) is 6.89. The zero-order chi connectivity index (χ0) is 14.5. The highest BCUT2D eigenvalue weighted by atomic mass is 35.5. The van der Waals surface area contributed by atoms with E-state index in [9.17, 15) is 0 Å². The molecule has 0 spiro atoms. The van der Waals surface area contributed by atoms with Gasteiger partial charge < -0.3 is 15.4 Å². The lowest BCUT2D eigenvalue weighted by Gasteiger charge is -2.38. The maximum atomic E-state index is 6.04. The van der Waals surface area contributed by atoms with Crippen LogP contribution in [-0.4, -0.2) is 60.3 Å². The molecule has 2 heterocycles. The van der Waals surface area contributed by atoms with Crippen molar-refractivity contribution in [3.8, 4) is 0 Å². The van der Waals surface area contributed by atoms with Gasteiger partial charge in [-0.3, -0.25) is 4.90 Å². The third kappa shape index (κ3) is 3.50. The van der Waals surface area contributed by atoms with Gasteiger partial charge in [-0.05, 0) is 13.8 Å². The van der Waals surface area contributed by atoms with Crippen LogP contribution in [0.1, 0.15) is 13.8 Å². The standard InChI is InChI=1S/C13H22ClN5O/c1-9(19-4-5-20-7-10(19)2)6-16-13-11(15-3)12(14)17-8-18-13/h8-10,15H,4-7H2,1-3H3,(H,16,17,18). The number of rotatable bonds is 5. The molecule has 1 aromatic heterocycles. The Morgan fingerprint density at radius 2 is 2.35 bits per heavy atom. The maximum Gasteiger partial charge on any atom is 0.157 e. The van der Waals surface area contributed by atoms with Crippen molar-refractivity contribution in [1.82, 2.24) is 14.9 Å². The van der Waals surface area contributed by atoms with Crippen LogP contribution in [0.2, 0.25) is 5.15 Å². The summed E-state index contributed by atoms with van der Waals surface area (Å²) in [6.07, 6.45) is 1.47. The van der Waals surface area contributed by atoms with Crippen LogP contribution in [0.4, 0.5) is 11.5 Å². The van der Waals surface area contributed by atoms with E-state index in [4.69, 9.17) is 16.3 Å². The van der Waals surface area contributed by atoms with Gasteiger partial charge in [0.05, 0.1) is 13.2 Å². The van der Waals surface area contributed by atoms with Crippen molar-refractivity contribution in [2.75, 3.05) is 44.0 Å². The average molecular weight is 300 g/mol. The smallest absolute Gasteiger partial charge is 0.157 e. The summed E-state index contributed by atoms with van der Waals surface area (Å²) < 4.78 is 5.47. The fourth-order valence-electron chi connectivity index (χ4n) is 2.48. The second-order valence-electron chi connectivity index (χ2n) is 5.03. The molecular weight excluding hydrogens is 278 g/mol. The van der Waals surface area contributed by atoms with Crippen LogP contribution in [0, 0.1) is 0 Å². The van der Waals surface area contributed by atoms with E-state index >= 15 is 0 Å². The molecular formula is C13H22ClN5O. The molecule has 112 valence electrons. The molecule has 0 aromatic carbocycles. The molecule has 2 rings (SSSR count). The Balaban J connectivity index is 1.96. The molecule has 1 saturated heterocycles. The summed E-state index contributed by atoms with van der Waals surface area (Å²) in [6.45, 7) is 7.76. The van der Waals surface area contributed by atoms with Crippen molar-refractivity contribution in [3.05, 3.63) is 11.5 Å². The zero-order valence-electron chi connectivity index (χ0n) is 12.2. The molecule has 2 N–H and O–H groups in total. The van der Waals surface area contributed by atoms with E-state index in [2.05, 4.69) is 39.3 Å². The van der Waals surface area contributed by atoms with Gasteiger partial charge in [-0.2, -0.15) is 0 Å². The lowest BCUT2D eigenvalue weighted by atomic mass is 10.2. The van der Waals surface area contributed by atoms with Gasteiger partial charge in [-0.15, -0.1) is 0 Å². The van der Waals surface area contributed by atoms with Crippen LogP contribution in [-0.2, 0) is 4.74 Å². The van der Waals surface area contributed by atoms with E-state index in [1.165, 1.54) is 6.33 Å². The van der Waals surface area contributed by atoms with Crippen LogP contribution < -0.4 is 10.6 Å². The summed E-state index contributed by atoms with van der Waals surface area (Å²) in [5.74, 6) is 0.736. The molecule has 1 aliphatic rings. The predicted molar refractivity (Wildman–Crippen MR) is 81.5 cm³/mol. The first kappa shape index (κ1) is 15.3. The lowest BCUT2D eigenvalue weighted by Crippen LogP contribution is -2.50. The second kappa shape index (κ2) is 7.06. The summed E-state index contributed by atoms with van der Waals surface area (Å²) >= 11 is 6.04. The van der Waals surface area contributed by atoms with E-state index in [0.29, 0.717) is 17.2 Å². The first-order chi connectivity index (χ1) is 9.63. The summed E-state index contributed by atoms with van der Waals surface area (Å²) in [7, 11) is 1.81. The number of ether oxygens (including phenoxy) is 1. The van der Waals surface area contributed by atoms with Gasteiger partial charge in [0, 0.05) is 32.2 Å². The Hall–Kier alpha value is -1.11. The van der Waals surface area contributed by atoms with E-state index < -0.39 is 0 Å². The van der Waals surface area contributed by atoms with Gasteiger partial charge in [0.25, 0.3) is 0 Å². The Kier molecular flexibility index (Phi) is 5.39. The Morgan fingerprint density at radius 1 is 1.55 bits per heavy atom. The molecule has 20 heavy (non-hydrogen) atoms. The Bertz CT molecular complexity index is 445. The number of nitrogens with one attached hydrogen (secondary N) is 2. The monoisotopic (exact) mass is 299 g/mol. The molecule has 6 nitrogen and oxygen atoms in total. The molecule has 1 aliphatic heterocycles. The number of anilines is 2. The van der Waals surface area contributed by atoms with Crippen molar-refractivity contribution >= 4 is 23.1 Å². The maximum absolute atomic E-state index is 6.04. The normalized spacial score (nSPS) is 21.5. The van der Waals surface area contributed by atoms with Gasteiger partial charge in [0.1, 0.15) is 12.0 Å². The molecule has 2 unspecified atom stereocenters. The van der Waals surface area contributed by atoms with Crippen LogP contribution in [0.5, 0.6) is 0 Å². The molecule has 0 radical (unpaired) electrons. The van der Waals surface area contributed by atoms with Gasteiger partial charge in [0.15, 0.2) is 11.0 Å². The number of morpholine rings is 1. The number of halogens is 1. The van der Waals surface area contributed by atoms with Crippen molar-refractivity contribution in [2.24, 2.45) is 0 Å². The summed E-state index contributed by atoms with van der Waals surface area (Å²) in [4.78, 5) is 10.6. The minimum atomic E-state index is 0.396. The minimum absolute atomic E-state index is 0.396. The Morgan fingerprint density at radius 3 is 3.05 bits per heavy atom. The van der Waals surface area contributed by atoms with Crippen molar-refractivity contribution in [1.29, 1.82) is 0 Å². The van der Waals surface area contributed by atoms with Crippen LogP contribution in [0.3, 0.4) is 0 Å². The van der Waals surface area contributed by atoms with Crippen LogP contribution in [0.25, 0.3) is 0 Å². The van der Waals surface area contributed by atoms with Gasteiger partial charge in [0.2, 0.25) is 0 Å². The highest BCUT2D eigenvalue weighted by molar-refractivity contribution is 6.32. The molecule has 2 atom stereocenters. The fraction of sp³-hybridized carbons (Fsp3) is 0.692. The molecule has 0 saturated carbocycles. The number of aromatic nitrogens is 2. The third-order valence-corrected chi connectivity index (χ3v) is 3.89. The topological polar surface area (TPSA) is 62.3 Å². The number of hydrogen-bond donors (Lipinski definition) is 2. The molecule has 0 bridgehead atoms. The molecule has 0 amide bonds. The predicted octanol–water partition coefficient (Wildman–Crippen LogP) is 1.69. The van der Waals surface area contributed by atoms with Crippen LogP contribution in [0.15, 0.2) is 6.33 Å². The van der Waals surface area contributed by atoms with Crippen molar-refractivity contribution in [2.45, 2.75) is 25.9 Å². The van der Waals surface area contributed by atoms with Gasteiger partial charge in [-0.1, -0.05) is 11.6 Å². The number of nitrogens with zero attached hydrogens (tertiary/aromatic N) is 3. The van der Waals surface area contributed by atoms with E-state index in [-0.39, 0.29) is 0 Å². The highest BCUT2D eigenvalue weighted by Gasteiger charge is 2.23. The molecule has 1 fully saturated rings. The van der Waals surface area contributed by atoms with E-state index in [1.807, 2.05) is 7.05 Å². The molecule has 7 heteroatoms. The summed E-state index contributed by atoms with van der Waals surface area (Å²) in [5.41, 5.74) is 0.733. The van der Waals surface area contributed by atoms with E-state index in [1.54, 1.807) is 0 Å². The van der Waals surface area contributed by atoms with Crippen molar-refractivity contribution < 1.29 is 4.74 Å². The fourth-order valence-corrected chi connectivity index (χ4v) is 2.70. The first-order valence-corrected chi connectivity index (χ1v) is 7.27. The van der Waals surface area contributed by atoms with E-state index in [0.717, 1.165) is 37.8 Å². The van der Waals surface area contributed by atoms with Gasteiger partial charge >= 0.3 is 0 Å². The third-order valence-electron chi connectivity index (χ3n) is 3.60. The summed E-state index contributed by atoms with van der Waals surface area (Å²) in [5, 5.41) is 6.79. The highest BCUT2D eigenvalue weighted by Crippen LogP contribution is 2.25. The lowest BCUT2D eigenvalue weighted by molar-refractivity contribution is -0.0159.